The highest BCUT2D eigenvalue weighted by atomic mass is 16.4. The highest BCUT2D eigenvalue weighted by Gasteiger charge is 2.24. The summed E-state index contributed by atoms with van der Waals surface area (Å²) >= 11 is 0. The summed E-state index contributed by atoms with van der Waals surface area (Å²) in [6.45, 7) is 4.75. The SMILES string of the molecule is Cc1ccc(-n2nc(CC(C(=O)O)c3cccc(C)c3)cc2-c2ccc(N3CCCC3=O)cc2)cc1. The van der Waals surface area contributed by atoms with Crippen LogP contribution in [0.15, 0.2) is 78.9 Å². The van der Waals surface area contributed by atoms with Crippen molar-refractivity contribution in [3.8, 4) is 16.9 Å². The Kier molecular flexibility index (Phi) is 6.42. The van der Waals surface area contributed by atoms with Gasteiger partial charge in [0.1, 0.15) is 0 Å². The van der Waals surface area contributed by atoms with Crippen LogP contribution in [0.1, 0.15) is 41.1 Å². The molecule has 0 radical (unpaired) electrons. The summed E-state index contributed by atoms with van der Waals surface area (Å²) in [5.41, 5.74) is 7.29. The van der Waals surface area contributed by atoms with E-state index in [2.05, 4.69) is 0 Å². The summed E-state index contributed by atoms with van der Waals surface area (Å²) < 4.78 is 1.87. The van der Waals surface area contributed by atoms with Gasteiger partial charge in [0.05, 0.1) is 23.0 Å². The van der Waals surface area contributed by atoms with E-state index in [0.29, 0.717) is 12.1 Å². The van der Waals surface area contributed by atoms with E-state index in [-0.39, 0.29) is 12.3 Å². The van der Waals surface area contributed by atoms with Gasteiger partial charge < -0.3 is 10.0 Å². The summed E-state index contributed by atoms with van der Waals surface area (Å²) in [5.74, 6) is -1.40. The second kappa shape index (κ2) is 9.82. The first-order valence-corrected chi connectivity index (χ1v) is 12.3. The maximum absolute atomic E-state index is 12.2. The highest BCUT2D eigenvalue weighted by molar-refractivity contribution is 5.95. The topological polar surface area (TPSA) is 75.4 Å². The second-order valence-electron chi connectivity index (χ2n) is 9.47. The highest BCUT2D eigenvalue weighted by Crippen LogP contribution is 2.30. The smallest absolute Gasteiger partial charge is 0.311 e. The van der Waals surface area contributed by atoms with Gasteiger partial charge in [0.15, 0.2) is 0 Å². The van der Waals surface area contributed by atoms with Crippen molar-refractivity contribution >= 4 is 17.6 Å². The van der Waals surface area contributed by atoms with E-state index in [1.807, 2.05) is 102 Å². The van der Waals surface area contributed by atoms with Gasteiger partial charge in [-0.2, -0.15) is 5.10 Å². The number of amides is 1. The summed E-state index contributed by atoms with van der Waals surface area (Å²) in [6.07, 6.45) is 1.76. The maximum atomic E-state index is 12.2. The number of nitrogens with zero attached hydrogens (tertiary/aromatic N) is 3. The van der Waals surface area contributed by atoms with Crippen molar-refractivity contribution in [2.45, 2.75) is 39.0 Å². The number of aryl methyl sites for hydroxylation is 2. The number of hydrogen-bond donors (Lipinski definition) is 1. The van der Waals surface area contributed by atoms with Gasteiger partial charge in [0.2, 0.25) is 5.91 Å². The third kappa shape index (κ3) is 4.80. The van der Waals surface area contributed by atoms with Crippen LogP contribution in [0.5, 0.6) is 0 Å². The number of aromatic nitrogens is 2. The molecule has 182 valence electrons. The van der Waals surface area contributed by atoms with Gasteiger partial charge >= 0.3 is 5.97 Å². The Morgan fingerprint density at radius 2 is 1.67 bits per heavy atom. The zero-order valence-electron chi connectivity index (χ0n) is 20.5. The molecule has 3 aromatic carbocycles. The van der Waals surface area contributed by atoms with Crippen LogP contribution in [0, 0.1) is 13.8 Å². The summed E-state index contributed by atoms with van der Waals surface area (Å²) in [6, 6.07) is 25.7. The normalized spacial score (nSPS) is 14.3. The Labute approximate surface area is 210 Å². The number of carboxylic acid groups (broad SMARTS) is 1. The lowest BCUT2D eigenvalue weighted by molar-refractivity contribution is -0.138. The molecule has 1 saturated heterocycles. The molecule has 1 unspecified atom stereocenters. The minimum Gasteiger partial charge on any atom is -0.481 e. The van der Waals surface area contributed by atoms with E-state index in [1.165, 1.54) is 0 Å². The van der Waals surface area contributed by atoms with E-state index >= 15 is 0 Å². The van der Waals surface area contributed by atoms with Crippen LogP contribution in [0.2, 0.25) is 0 Å². The van der Waals surface area contributed by atoms with Gasteiger partial charge in [0, 0.05) is 30.6 Å². The molecular weight excluding hydrogens is 450 g/mol. The standard InChI is InChI=1S/C30H29N3O3/c1-20-8-12-26(13-9-20)33-28(22-10-14-25(15-11-22)32-16-4-7-29(32)34)19-24(31-33)18-27(30(35)36)23-6-3-5-21(2)17-23/h3,5-6,8-15,17,19,27H,4,7,16,18H2,1-2H3,(H,35,36). The Balaban J connectivity index is 1.53. The fraction of sp³-hybridized carbons (Fsp3) is 0.233. The van der Waals surface area contributed by atoms with Crippen LogP contribution in [0.4, 0.5) is 5.69 Å². The minimum absolute atomic E-state index is 0.158. The average molecular weight is 480 g/mol. The van der Waals surface area contributed by atoms with Gasteiger partial charge in [-0.3, -0.25) is 9.59 Å². The van der Waals surface area contributed by atoms with Crippen LogP contribution in [0.25, 0.3) is 16.9 Å². The molecule has 1 aromatic heterocycles. The van der Waals surface area contributed by atoms with Crippen LogP contribution in [-0.2, 0) is 16.0 Å². The molecule has 0 spiro atoms. The lowest BCUT2D eigenvalue weighted by atomic mass is 9.93. The predicted octanol–water partition coefficient (Wildman–Crippen LogP) is 5.69. The maximum Gasteiger partial charge on any atom is 0.311 e. The Morgan fingerprint density at radius 1 is 0.944 bits per heavy atom. The fourth-order valence-electron chi connectivity index (χ4n) is 4.80. The summed E-state index contributed by atoms with van der Waals surface area (Å²) in [5, 5.41) is 14.9. The molecule has 6 heteroatoms. The Morgan fingerprint density at radius 3 is 2.31 bits per heavy atom. The van der Waals surface area contributed by atoms with Gasteiger partial charge in [-0.15, -0.1) is 0 Å². The van der Waals surface area contributed by atoms with Crippen molar-refractivity contribution in [3.63, 3.8) is 0 Å². The number of carbonyl (C=O) groups excluding carboxylic acids is 1. The molecule has 1 fully saturated rings. The van der Waals surface area contributed by atoms with Gasteiger partial charge in [-0.25, -0.2) is 4.68 Å². The van der Waals surface area contributed by atoms with Gasteiger partial charge in [-0.1, -0.05) is 59.7 Å². The zero-order chi connectivity index (χ0) is 25.2. The molecule has 1 atom stereocenters. The van der Waals surface area contributed by atoms with Gasteiger partial charge in [-0.05, 0) is 56.2 Å². The zero-order valence-corrected chi connectivity index (χ0v) is 20.5. The number of benzene rings is 3. The van der Waals surface area contributed by atoms with Crippen LogP contribution in [0.3, 0.4) is 0 Å². The number of carboxylic acids is 1. The van der Waals surface area contributed by atoms with Crippen LogP contribution < -0.4 is 4.90 Å². The number of hydrogen-bond acceptors (Lipinski definition) is 3. The molecule has 0 bridgehead atoms. The number of anilines is 1. The van der Waals surface area contributed by atoms with Crippen LogP contribution in [-0.4, -0.2) is 33.3 Å². The summed E-state index contributed by atoms with van der Waals surface area (Å²) in [7, 11) is 0. The Hall–Kier alpha value is -4.19. The molecule has 0 saturated carbocycles. The van der Waals surface area contributed by atoms with Crippen molar-refractivity contribution < 1.29 is 14.7 Å². The quantitative estimate of drug-likeness (QED) is 0.369. The van der Waals surface area contributed by atoms with E-state index in [1.54, 1.807) is 0 Å². The third-order valence-electron chi connectivity index (χ3n) is 6.74. The van der Waals surface area contributed by atoms with E-state index < -0.39 is 11.9 Å². The van der Waals surface area contributed by atoms with E-state index in [9.17, 15) is 14.7 Å². The number of carbonyl (C=O) groups is 2. The molecule has 6 nitrogen and oxygen atoms in total. The largest absolute Gasteiger partial charge is 0.481 e. The van der Waals surface area contributed by atoms with Crippen molar-refractivity contribution in [1.82, 2.24) is 9.78 Å². The molecule has 1 N–H and O–H groups in total. The van der Waals surface area contributed by atoms with Crippen molar-refractivity contribution in [3.05, 3.63) is 101 Å². The molecular formula is C30H29N3O3. The van der Waals surface area contributed by atoms with E-state index in [0.717, 1.165) is 52.3 Å². The lowest BCUT2D eigenvalue weighted by Gasteiger charge is -2.16. The van der Waals surface area contributed by atoms with Gasteiger partial charge in [0.25, 0.3) is 0 Å². The molecule has 4 aromatic rings. The first kappa shape index (κ1) is 23.5. The molecule has 0 aliphatic carbocycles. The molecule has 2 heterocycles. The van der Waals surface area contributed by atoms with Crippen molar-refractivity contribution in [2.75, 3.05) is 11.4 Å². The number of aliphatic carboxylic acids is 1. The second-order valence-corrected chi connectivity index (χ2v) is 9.47. The van der Waals surface area contributed by atoms with Crippen molar-refractivity contribution in [2.24, 2.45) is 0 Å². The monoisotopic (exact) mass is 479 g/mol. The average Bonchev–Trinajstić information content (AvgIpc) is 3.49. The van der Waals surface area contributed by atoms with Crippen LogP contribution >= 0.6 is 0 Å². The molecule has 5 rings (SSSR count). The molecule has 1 amide bonds. The predicted molar refractivity (Wildman–Crippen MR) is 141 cm³/mol. The van der Waals surface area contributed by atoms with E-state index in [4.69, 9.17) is 5.10 Å². The lowest BCUT2D eigenvalue weighted by Crippen LogP contribution is -2.23. The van der Waals surface area contributed by atoms with Crippen molar-refractivity contribution in [1.29, 1.82) is 0 Å². The first-order valence-electron chi connectivity index (χ1n) is 12.3. The first-order chi connectivity index (χ1) is 17.4. The minimum atomic E-state index is -0.869. The third-order valence-corrected chi connectivity index (χ3v) is 6.74. The number of rotatable bonds is 7. The Bertz CT molecular complexity index is 1400. The molecule has 1 aliphatic heterocycles. The fourth-order valence-corrected chi connectivity index (χ4v) is 4.80. The summed E-state index contributed by atoms with van der Waals surface area (Å²) in [4.78, 5) is 26.2. The molecule has 1 aliphatic rings. The molecule has 36 heavy (non-hydrogen) atoms.